The van der Waals surface area contributed by atoms with Crippen molar-refractivity contribution >= 4 is 5.78 Å². The first-order valence-electron chi connectivity index (χ1n) is 5.75. The van der Waals surface area contributed by atoms with Gasteiger partial charge in [-0.3, -0.25) is 9.48 Å². The molecule has 4 heteroatoms. The Bertz CT molecular complexity index is 330. The molecule has 0 bridgehead atoms. The molecule has 0 aliphatic heterocycles. The van der Waals surface area contributed by atoms with E-state index >= 15 is 0 Å². The van der Waals surface area contributed by atoms with E-state index in [-0.39, 0.29) is 12.4 Å². The maximum Gasteiger partial charge on any atom is 0.164 e. The van der Waals surface area contributed by atoms with Crippen molar-refractivity contribution in [3.05, 3.63) is 18.0 Å². The second kappa shape index (κ2) is 6.43. The minimum atomic E-state index is 0.0669. The number of methoxy groups -OCH3 is 1. The van der Waals surface area contributed by atoms with Gasteiger partial charge in [0.1, 0.15) is 6.61 Å². The zero-order chi connectivity index (χ0) is 12.0. The minimum absolute atomic E-state index is 0.0669. The number of rotatable bonds is 7. The van der Waals surface area contributed by atoms with Gasteiger partial charge in [-0.1, -0.05) is 13.8 Å². The number of aromatic nitrogens is 2. The molecule has 1 aromatic heterocycles. The predicted octanol–water partition coefficient (Wildman–Crippen LogP) is 2.00. The molecule has 16 heavy (non-hydrogen) atoms. The minimum Gasteiger partial charge on any atom is -0.377 e. The van der Waals surface area contributed by atoms with Crippen LogP contribution in [-0.4, -0.2) is 29.3 Å². The Morgan fingerprint density at radius 1 is 1.50 bits per heavy atom. The average Bonchev–Trinajstić information content (AvgIpc) is 2.68. The van der Waals surface area contributed by atoms with E-state index in [0.29, 0.717) is 12.5 Å². The fourth-order valence-corrected chi connectivity index (χ4v) is 1.75. The van der Waals surface area contributed by atoms with Crippen LogP contribution >= 0.6 is 0 Å². The molecule has 0 aliphatic rings. The van der Waals surface area contributed by atoms with E-state index in [9.17, 15) is 4.79 Å². The molecule has 4 nitrogen and oxygen atoms in total. The number of nitrogens with zero attached hydrogens (tertiary/aromatic N) is 2. The van der Waals surface area contributed by atoms with Crippen LogP contribution in [0.4, 0.5) is 0 Å². The van der Waals surface area contributed by atoms with Gasteiger partial charge < -0.3 is 4.74 Å². The van der Waals surface area contributed by atoms with E-state index in [1.165, 1.54) is 7.11 Å². The van der Waals surface area contributed by atoms with Crippen molar-refractivity contribution < 1.29 is 9.53 Å². The van der Waals surface area contributed by atoms with Crippen LogP contribution in [-0.2, 0) is 16.0 Å². The van der Waals surface area contributed by atoms with E-state index in [4.69, 9.17) is 4.74 Å². The summed E-state index contributed by atoms with van der Waals surface area (Å²) in [4.78, 5) is 11.4. The second-order valence-electron chi connectivity index (χ2n) is 3.91. The maximum absolute atomic E-state index is 11.4. The Labute approximate surface area is 96.6 Å². The molecule has 0 amide bonds. The number of ketones is 1. The Hall–Kier alpha value is -1.16. The summed E-state index contributed by atoms with van der Waals surface area (Å²) in [7, 11) is 1.53. The summed E-state index contributed by atoms with van der Waals surface area (Å²) < 4.78 is 6.74. The standard InChI is InChI=1S/C12H20N2O2/c1-4-11(5-2)14-7-6-10(13-14)8-12(15)9-16-3/h6-7,11H,4-5,8-9H2,1-3H3. The molecule has 1 heterocycles. The van der Waals surface area contributed by atoms with Crippen molar-refractivity contribution in [3.8, 4) is 0 Å². The Kier molecular flexibility index (Phi) is 5.19. The molecule has 0 fully saturated rings. The number of carbonyl (C=O) groups is 1. The third-order valence-electron chi connectivity index (χ3n) is 2.66. The zero-order valence-corrected chi connectivity index (χ0v) is 10.3. The lowest BCUT2D eigenvalue weighted by atomic mass is 10.2. The molecule has 0 radical (unpaired) electrons. The van der Waals surface area contributed by atoms with E-state index in [0.717, 1.165) is 18.5 Å². The van der Waals surface area contributed by atoms with Gasteiger partial charge in [0.2, 0.25) is 0 Å². The predicted molar refractivity (Wildman–Crippen MR) is 62.4 cm³/mol. The maximum atomic E-state index is 11.4. The van der Waals surface area contributed by atoms with Crippen LogP contribution in [0.3, 0.4) is 0 Å². The van der Waals surface area contributed by atoms with Crippen molar-refractivity contribution in [2.45, 2.75) is 39.2 Å². The van der Waals surface area contributed by atoms with Crippen LogP contribution in [0.15, 0.2) is 12.3 Å². The van der Waals surface area contributed by atoms with Gasteiger partial charge in [-0.15, -0.1) is 0 Å². The summed E-state index contributed by atoms with van der Waals surface area (Å²) in [6, 6.07) is 2.34. The normalized spacial score (nSPS) is 11.0. The second-order valence-corrected chi connectivity index (χ2v) is 3.91. The summed E-state index contributed by atoms with van der Waals surface area (Å²) in [6.45, 7) is 4.45. The summed E-state index contributed by atoms with van der Waals surface area (Å²) in [5.74, 6) is 0.0669. The van der Waals surface area contributed by atoms with Crippen LogP contribution < -0.4 is 0 Å². The molecule has 0 N–H and O–H groups in total. The molecule has 90 valence electrons. The SMILES string of the molecule is CCC(CC)n1ccc(CC(=O)COC)n1. The molecule has 1 aromatic rings. The van der Waals surface area contributed by atoms with Gasteiger partial charge in [-0.25, -0.2) is 0 Å². The number of Topliss-reactive ketones (excluding diaryl/α,β-unsaturated/α-hetero) is 1. The average molecular weight is 224 g/mol. The zero-order valence-electron chi connectivity index (χ0n) is 10.3. The van der Waals surface area contributed by atoms with Gasteiger partial charge >= 0.3 is 0 Å². The number of hydrogen-bond donors (Lipinski definition) is 0. The van der Waals surface area contributed by atoms with E-state index in [1.807, 2.05) is 16.9 Å². The van der Waals surface area contributed by atoms with Crippen molar-refractivity contribution in [1.29, 1.82) is 0 Å². The van der Waals surface area contributed by atoms with Crippen molar-refractivity contribution in [2.75, 3.05) is 13.7 Å². The monoisotopic (exact) mass is 224 g/mol. The Balaban J connectivity index is 2.60. The van der Waals surface area contributed by atoms with Gasteiger partial charge in [0.05, 0.1) is 18.2 Å². The molecular formula is C12H20N2O2. The van der Waals surface area contributed by atoms with E-state index < -0.39 is 0 Å². The molecule has 0 spiro atoms. The Morgan fingerprint density at radius 3 is 2.75 bits per heavy atom. The van der Waals surface area contributed by atoms with Crippen LogP contribution in [0.5, 0.6) is 0 Å². The lowest BCUT2D eigenvalue weighted by Gasteiger charge is -2.12. The van der Waals surface area contributed by atoms with Crippen molar-refractivity contribution in [3.63, 3.8) is 0 Å². The molecule has 0 saturated carbocycles. The molecule has 0 atom stereocenters. The third kappa shape index (κ3) is 3.45. The van der Waals surface area contributed by atoms with E-state index in [1.54, 1.807) is 0 Å². The van der Waals surface area contributed by atoms with Crippen LogP contribution in [0.2, 0.25) is 0 Å². The van der Waals surface area contributed by atoms with Gasteiger partial charge in [0.25, 0.3) is 0 Å². The molecule has 0 unspecified atom stereocenters. The lowest BCUT2D eigenvalue weighted by molar-refractivity contribution is -0.122. The summed E-state index contributed by atoms with van der Waals surface area (Å²) >= 11 is 0. The van der Waals surface area contributed by atoms with Gasteiger partial charge in [0.15, 0.2) is 5.78 Å². The number of ether oxygens (including phenoxy) is 1. The molecule has 0 aliphatic carbocycles. The molecule has 0 aromatic carbocycles. The third-order valence-corrected chi connectivity index (χ3v) is 2.66. The summed E-state index contributed by atoms with van der Waals surface area (Å²) in [5, 5.41) is 4.41. The summed E-state index contributed by atoms with van der Waals surface area (Å²) in [5.41, 5.74) is 0.828. The molecular weight excluding hydrogens is 204 g/mol. The highest BCUT2D eigenvalue weighted by Crippen LogP contribution is 2.14. The highest BCUT2D eigenvalue weighted by molar-refractivity contribution is 5.81. The topological polar surface area (TPSA) is 44.1 Å². The Morgan fingerprint density at radius 2 is 2.19 bits per heavy atom. The van der Waals surface area contributed by atoms with Gasteiger partial charge in [-0.05, 0) is 18.9 Å². The fourth-order valence-electron chi connectivity index (χ4n) is 1.75. The first kappa shape index (κ1) is 12.9. The molecule has 1 rings (SSSR count). The first-order chi connectivity index (χ1) is 7.71. The highest BCUT2D eigenvalue weighted by atomic mass is 16.5. The highest BCUT2D eigenvalue weighted by Gasteiger charge is 2.10. The quantitative estimate of drug-likeness (QED) is 0.711. The lowest BCUT2D eigenvalue weighted by Crippen LogP contribution is -2.12. The van der Waals surface area contributed by atoms with Crippen LogP contribution in [0.1, 0.15) is 38.4 Å². The summed E-state index contributed by atoms with van der Waals surface area (Å²) in [6.07, 6.45) is 4.43. The largest absolute Gasteiger partial charge is 0.377 e. The smallest absolute Gasteiger partial charge is 0.164 e. The van der Waals surface area contributed by atoms with Gasteiger partial charge in [-0.2, -0.15) is 5.10 Å². The number of hydrogen-bond acceptors (Lipinski definition) is 3. The molecule has 0 saturated heterocycles. The van der Waals surface area contributed by atoms with Gasteiger partial charge in [0, 0.05) is 13.3 Å². The first-order valence-corrected chi connectivity index (χ1v) is 5.75. The van der Waals surface area contributed by atoms with Crippen LogP contribution in [0, 0.1) is 0 Å². The number of carbonyl (C=O) groups excluding carboxylic acids is 1. The fraction of sp³-hybridized carbons (Fsp3) is 0.667. The van der Waals surface area contributed by atoms with Crippen molar-refractivity contribution in [2.24, 2.45) is 0 Å². The van der Waals surface area contributed by atoms with Crippen LogP contribution in [0.25, 0.3) is 0 Å². The van der Waals surface area contributed by atoms with E-state index in [2.05, 4.69) is 18.9 Å². The van der Waals surface area contributed by atoms with Crippen molar-refractivity contribution in [1.82, 2.24) is 9.78 Å².